The third-order valence-electron chi connectivity index (χ3n) is 12.3. The Morgan fingerprint density at radius 2 is 0.667 bits per heavy atom. The molecular formula is C57H44N2Si. The maximum Gasteiger partial charge on any atom is 0.0775 e. The first-order chi connectivity index (χ1) is 29.4. The minimum absolute atomic E-state index is 1.13. The summed E-state index contributed by atoms with van der Waals surface area (Å²) in [5.41, 5.74) is 6.84. The van der Waals surface area contributed by atoms with Crippen LogP contribution in [0.3, 0.4) is 0 Å². The maximum absolute atomic E-state index is 2.41. The van der Waals surface area contributed by atoms with Gasteiger partial charge in [-0.3, -0.25) is 0 Å². The van der Waals surface area contributed by atoms with E-state index in [2.05, 4.69) is 242 Å². The second-order valence-corrected chi connectivity index (χ2v) is 22.1. The van der Waals surface area contributed by atoms with Crippen LogP contribution in [-0.4, -0.2) is 8.07 Å². The van der Waals surface area contributed by atoms with Crippen molar-refractivity contribution in [2.45, 2.75) is 19.6 Å². The van der Waals surface area contributed by atoms with Gasteiger partial charge >= 0.3 is 0 Å². The molecule has 0 spiro atoms. The van der Waals surface area contributed by atoms with Crippen molar-refractivity contribution in [1.29, 1.82) is 0 Å². The van der Waals surface area contributed by atoms with E-state index in [0.717, 1.165) is 34.1 Å². The van der Waals surface area contributed by atoms with Crippen molar-refractivity contribution in [1.82, 2.24) is 0 Å². The molecule has 3 heteroatoms. The van der Waals surface area contributed by atoms with Crippen LogP contribution < -0.4 is 15.0 Å². The Balaban J connectivity index is 1.07. The van der Waals surface area contributed by atoms with Gasteiger partial charge in [0.1, 0.15) is 0 Å². The molecule has 0 atom stereocenters. The quantitative estimate of drug-likeness (QED) is 0.117. The molecule has 0 saturated heterocycles. The number of fused-ring (bicyclic) bond motifs is 11. The van der Waals surface area contributed by atoms with Crippen LogP contribution in [0.4, 0.5) is 34.1 Å². The number of anilines is 6. The average Bonchev–Trinajstić information content (AvgIpc) is 3.29. The van der Waals surface area contributed by atoms with Crippen LogP contribution in [0.25, 0.3) is 64.6 Å². The average molecular weight is 785 g/mol. The predicted molar refractivity (Wildman–Crippen MR) is 264 cm³/mol. The van der Waals surface area contributed by atoms with Crippen LogP contribution >= 0.6 is 0 Å². The zero-order chi connectivity index (χ0) is 40.4. The minimum Gasteiger partial charge on any atom is -0.310 e. The molecule has 0 saturated carbocycles. The number of hydrogen-bond acceptors (Lipinski definition) is 2. The van der Waals surface area contributed by atoms with Crippen LogP contribution in [0.15, 0.2) is 212 Å². The van der Waals surface area contributed by atoms with Gasteiger partial charge in [-0.25, -0.2) is 0 Å². The first-order valence-corrected chi connectivity index (χ1v) is 24.4. The van der Waals surface area contributed by atoms with E-state index in [9.17, 15) is 0 Å². The molecule has 11 aromatic carbocycles. The normalized spacial score (nSPS) is 11.9. The van der Waals surface area contributed by atoms with E-state index in [1.54, 1.807) is 0 Å². The Morgan fingerprint density at radius 1 is 0.267 bits per heavy atom. The van der Waals surface area contributed by atoms with E-state index in [1.165, 1.54) is 69.8 Å². The molecule has 11 rings (SSSR count). The van der Waals surface area contributed by atoms with Crippen LogP contribution in [0.5, 0.6) is 0 Å². The Labute approximate surface area is 352 Å². The van der Waals surface area contributed by atoms with Gasteiger partial charge in [-0.2, -0.15) is 0 Å². The summed E-state index contributed by atoms with van der Waals surface area (Å²) < 4.78 is 0. The Hall–Kier alpha value is -7.20. The largest absolute Gasteiger partial charge is 0.310 e. The molecule has 60 heavy (non-hydrogen) atoms. The van der Waals surface area contributed by atoms with Crippen molar-refractivity contribution in [2.75, 3.05) is 9.80 Å². The summed E-state index contributed by atoms with van der Waals surface area (Å²) in [5, 5.41) is 16.6. The topological polar surface area (TPSA) is 6.48 Å². The summed E-state index contributed by atoms with van der Waals surface area (Å²) in [4.78, 5) is 4.78. The van der Waals surface area contributed by atoms with Gasteiger partial charge in [0.2, 0.25) is 0 Å². The minimum atomic E-state index is -1.43. The third kappa shape index (κ3) is 6.09. The maximum atomic E-state index is 2.41. The van der Waals surface area contributed by atoms with Gasteiger partial charge < -0.3 is 9.80 Å². The lowest BCUT2D eigenvalue weighted by atomic mass is 9.90. The van der Waals surface area contributed by atoms with E-state index >= 15 is 0 Å². The van der Waals surface area contributed by atoms with Crippen LogP contribution in [-0.2, 0) is 0 Å². The molecule has 11 aromatic rings. The van der Waals surface area contributed by atoms with E-state index in [4.69, 9.17) is 0 Å². The molecule has 0 heterocycles. The highest BCUT2D eigenvalue weighted by Crippen LogP contribution is 2.44. The molecule has 0 unspecified atom stereocenters. The molecule has 286 valence electrons. The van der Waals surface area contributed by atoms with Crippen molar-refractivity contribution >= 4 is 112 Å². The second-order valence-electron chi connectivity index (χ2n) is 17.0. The monoisotopic (exact) mass is 784 g/mol. The van der Waals surface area contributed by atoms with Crippen molar-refractivity contribution in [3.63, 3.8) is 0 Å². The van der Waals surface area contributed by atoms with E-state index in [-0.39, 0.29) is 0 Å². The highest BCUT2D eigenvalue weighted by Gasteiger charge is 2.20. The summed E-state index contributed by atoms with van der Waals surface area (Å²) in [6.45, 7) is 7.22. The first kappa shape index (κ1) is 35.9. The van der Waals surface area contributed by atoms with Gasteiger partial charge in [0, 0.05) is 34.1 Å². The molecule has 0 aromatic heterocycles. The zero-order valence-corrected chi connectivity index (χ0v) is 35.1. The number of rotatable bonds is 7. The lowest BCUT2D eigenvalue weighted by molar-refractivity contribution is 1.29. The Bertz CT molecular complexity index is 3390. The van der Waals surface area contributed by atoms with Crippen LogP contribution in [0.1, 0.15) is 0 Å². The number of benzene rings is 11. The van der Waals surface area contributed by atoms with Gasteiger partial charge in [0.15, 0.2) is 0 Å². The number of nitrogens with zero attached hydrogens (tertiary/aromatic N) is 2. The van der Waals surface area contributed by atoms with Gasteiger partial charge in [-0.15, -0.1) is 0 Å². The first-order valence-electron chi connectivity index (χ1n) is 20.9. The van der Waals surface area contributed by atoms with Gasteiger partial charge in [-0.1, -0.05) is 164 Å². The Morgan fingerprint density at radius 3 is 1.33 bits per heavy atom. The lowest BCUT2D eigenvalue weighted by Crippen LogP contribution is -2.37. The molecule has 0 aliphatic heterocycles. The Kier molecular flexibility index (Phi) is 8.54. The van der Waals surface area contributed by atoms with Crippen molar-refractivity contribution in [2.24, 2.45) is 0 Å². The fourth-order valence-electron chi connectivity index (χ4n) is 9.33. The smallest absolute Gasteiger partial charge is 0.0775 e. The van der Waals surface area contributed by atoms with E-state index in [0.29, 0.717) is 0 Å². The molecule has 2 nitrogen and oxygen atoms in total. The summed E-state index contributed by atoms with van der Waals surface area (Å²) in [6, 6.07) is 78.4. The molecule has 0 amide bonds. The van der Waals surface area contributed by atoms with Gasteiger partial charge in [0.25, 0.3) is 0 Å². The summed E-state index contributed by atoms with van der Waals surface area (Å²) in [5.74, 6) is 0. The fraction of sp³-hybridized carbons (Fsp3) is 0.0526. The highest BCUT2D eigenvalue weighted by atomic mass is 28.3. The van der Waals surface area contributed by atoms with Crippen LogP contribution in [0.2, 0.25) is 19.6 Å². The number of para-hydroxylation sites is 2. The second kappa shape index (κ2) is 14.3. The van der Waals surface area contributed by atoms with Crippen molar-refractivity contribution in [3.05, 3.63) is 212 Å². The van der Waals surface area contributed by atoms with Crippen LogP contribution in [0, 0.1) is 0 Å². The predicted octanol–water partition coefficient (Wildman–Crippen LogP) is 16.1. The SMILES string of the molecule is C[Si](C)(C)c1ccc(N(c2ccccc2)c2ccc3c(ccc4c5ccc(N(c6ccccc6)c6ccc7c(ccc8ccccc87)c6)cc5c5ccccc5c34)c2)cc1. The molecular weight excluding hydrogens is 741 g/mol. The van der Waals surface area contributed by atoms with Gasteiger partial charge in [-0.05, 0) is 137 Å². The molecule has 0 fully saturated rings. The van der Waals surface area contributed by atoms with Gasteiger partial charge in [0.05, 0.1) is 8.07 Å². The molecule has 0 aliphatic rings. The molecule has 0 N–H and O–H groups in total. The summed E-state index contributed by atoms with van der Waals surface area (Å²) in [6.07, 6.45) is 0. The third-order valence-corrected chi connectivity index (χ3v) is 14.4. The van der Waals surface area contributed by atoms with E-state index in [1.807, 2.05) is 0 Å². The molecule has 0 radical (unpaired) electrons. The van der Waals surface area contributed by atoms with E-state index < -0.39 is 8.07 Å². The number of hydrogen-bond donors (Lipinski definition) is 0. The van der Waals surface area contributed by atoms with Crippen molar-refractivity contribution in [3.8, 4) is 0 Å². The standard InChI is InChI=1S/C57H44N2Si/c1-60(2,3)48-30-25-44(26-31-48)58(42-15-6-4-7-16-42)45-28-34-51-41(37-45)24-32-55-53-35-29-47(38-56(53)52-20-12-13-21-54(52)57(51)55)59(43-17-8-5-9-18-43)46-27-33-50-40(36-46)23-22-39-14-10-11-19-49(39)50/h4-38H,1-3H3. The summed E-state index contributed by atoms with van der Waals surface area (Å²) in [7, 11) is -1.43. The van der Waals surface area contributed by atoms with Crippen molar-refractivity contribution < 1.29 is 0 Å². The molecule has 0 aliphatic carbocycles. The lowest BCUT2D eigenvalue weighted by Gasteiger charge is -2.27. The fourth-order valence-corrected chi connectivity index (χ4v) is 10.5. The molecule has 0 bridgehead atoms. The highest BCUT2D eigenvalue weighted by molar-refractivity contribution is 6.88. The zero-order valence-electron chi connectivity index (χ0n) is 34.1. The summed E-state index contributed by atoms with van der Waals surface area (Å²) >= 11 is 0.